The molecule has 0 saturated carbocycles. The Morgan fingerprint density at radius 3 is 2.44 bits per heavy atom. The van der Waals surface area contributed by atoms with Gasteiger partial charge < -0.3 is 0 Å². The van der Waals surface area contributed by atoms with Crippen molar-refractivity contribution in [2.45, 2.75) is 19.3 Å². The van der Waals surface area contributed by atoms with E-state index in [4.69, 9.17) is 0 Å². The molecule has 0 heterocycles. The maximum absolute atomic E-state index is 2.24. The van der Waals surface area contributed by atoms with Gasteiger partial charge in [-0.1, -0.05) is 36.5 Å². The predicted octanol–water partition coefficient (Wildman–Crippen LogP) is 2.84. The lowest BCUT2D eigenvalue weighted by Gasteiger charge is -1.81. The van der Waals surface area contributed by atoms with E-state index in [2.05, 4.69) is 36.5 Å². The minimum Gasteiger partial charge on any atom is -0.0879 e. The van der Waals surface area contributed by atoms with Gasteiger partial charge in [-0.15, -0.1) is 0 Å². The highest BCUT2D eigenvalue weighted by molar-refractivity contribution is 5.06. The first-order valence-electron chi connectivity index (χ1n) is 3.47. The van der Waals surface area contributed by atoms with Crippen LogP contribution in [0, 0.1) is 0 Å². The van der Waals surface area contributed by atoms with Crippen LogP contribution in [0.3, 0.4) is 0 Å². The van der Waals surface area contributed by atoms with E-state index in [1.807, 2.05) is 0 Å². The monoisotopic (exact) mass is 120 g/mol. The van der Waals surface area contributed by atoms with Crippen molar-refractivity contribution < 1.29 is 0 Å². The molecule has 9 heavy (non-hydrogen) atoms. The summed E-state index contributed by atoms with van der Waals surface area (Å²) in [5.41, 5.74) is 0. The summed E-state index contributed by atoms with van der Waals surface area (Å²) in [4.78, 5) is 0. The van der Waals surface area contributed by atoms with Crippen molar-refractivity contribution in [3.63, 3.8) is 0 Å². The first-order valence-corrected chi connectivity index (χ1v) is 3.47. The van der Waals surface area contributed by atoms with Crippen molar-refractivity contribution in [3.8, 4) is 0 Å². The maximum atomic E-state index is 2.24. The Labute approximate surface area is 56.6 Å². The van der Waals surface area contributed by atoms with Crippen molar-refractivity contribution in [1.82, 2.24) is 0 Å². The molecule has 1 rings (SSSR count). The van der Waals surface area contributed by atoms with Crippen LogP contribution < -0.4 is 0 Å². The molecule has 0 radical (unpaired) electrons. The van der Waals surface area contributed by atoms with E-state index in [0.717, 1.165) is 6.42 Å². The highest BCUT2D eigenvalue weighted by Crippen LogP contribution is 1.98. The third kappa shape index (κ3) is 2.91. The molecule has 1 aliphatic carbocycles. The van der Waals surface area contributed by atoms with Gasteiger partial charge in [0.2, 0.25) is 0 Å². The molecule has 0 saturated heterocycles. The third-order valence-corrected chi connectivity index (χ3v) is 1.32. The second-order valence-electron chi connectivity index (χ2n) is 2.14. The first-order chi connectivity index (χ1) is 4.50. The van der Waals surface area contributed by atoms with Crippen LogP contribution in [0.15, 0.2) is 36.5 Å². The second kappa shape index (κ2) is 4.13. The van der Waals surface area contributed by atoms with Crippen LogP contribution in [-0.4, -0.2) is 0 Å². The summed E-state index contributed by atoms with van der Waals surface area (Å²) in [6.07, 6.45) is 16.5. The molecule has 48 valence electrons. The average Bonchev–Trinajstić information content (AvgIpc) is 2.00. The summed E-state index contributed by atoms with van der Waals surface area (Å²) >= 11 is 0. The van der Waals surface area contributed by atoms with Crippen LogP contribution in [-0.2, 0) is 0 Å². The molecule has 0 heteroatoms. The van der Waals surface area contributed by atoms with Crippen molar-refractivity contribution in [3.05, 3.63) is 36.5 Å². The van der Waals surface area contributed by atoms with Crippen LogP contribution in [0.2, 0.25) is 0 Å². The molecule has 0 aromatic rings. The molecule has 0 bridgehead atoms. The highest BCUT2D eigenvalue weighted by Gasteiger charge is 1.77. The predicted molar refractivity (Wildman–Crippen MR) is 41.3 cm³/mol. The summed E-state index contributed by atoms with van der Waals surface area (Å²) in [7, 11) is 0. The Bertz CT molecular complexity index is 138. The molecule has 0 amide bonds. The van der Waals surface area contributed by atoms with E-state index < -0.39 is 0 Å². The van der Waals surface area contributed by atoms with Crippen LogP contribution in [0.25, 0.3) is 0 Å². The number of rotatable bonds is 0. The third-order valence-electron chi connectivity index (χ3n) is 1.32. The van der Waals surface area contributed by atoms with Crippen LogP contribution in [0.5, 0.6) is 0 Å². The molecule has 0 aromatic carbocycles. The average molecular weight is 120 g/mol. The normalized spacial score (nSPS) is 22.2. The lowest BCUT2D eigenvalue weighted by atomic mass is 10.3. The lowest BCUT2D eigenvalue weighted by Crippen LogP contribution is -1.61. The lowest BCUT2D eigenvalue weighted by molar-refractivity contribution is 1.05. The zero-order valence-electron chi connectivity index (χ0n) is 5.59. The van der Waals surface area contributed by atoms with Crippen molar-refractivity contribution in [2.24, 2.45) is 0 Å². The minimum absolute atomic E-state index is 1.09. The van der Waals surface area contributed by atoms with E-state index in [1.54, 1.807) is 0 Å². The second-order valence-corrected chi connectivity index (χ2v) is 2.14. The van der Waals surface area contributed by atoms with E-state index >= 15 is 0 Å². The minimum atomic E-state index is 1.09. The highest BCUT2D eigenvalue weighted by atomic mass is 13.8. The van der Waals surface area contributed by atoms with Crippen molar-refractivity contribution in [1.29, 1.82) is 0 Å². The van der Waals surface area contributed by atoms with E-state index in [-0.39, 0.29) is 0 Å². The van der Waals surface area contributed by atoms with Crippen LogP contribution >= 0.6 is 0 Å². The molecule has 0 spiro atoms. The maximum Gasteiger partial charge on any atom is -0.0166 e. The number of hydrogen-bond acceptors (Lipinski definition) is 0. The Morgan fingerprint density at radius 2 is 1.44 bits per heavy atom. The SMILES string of the molecule is C1=CCCC=CC/C=C\1. The first kappa shape index (κ1) is 6.34. The van der Waals surface area contributed by atoms with Gasteiger partial charge in [-0.05, 0) is 19.3 Å². The zero-order chi connectivity index (χ0) is 6.36. The molecular formula is C9H12. The van der Waals surface area contributed by atoms with Crippen LogP contribution in [0.4, 0.5) is 0 Å². The summed E-state index contributed by atoms with van der Waals surface area (Å²) in [5, 5.41) is 0. The van der Waals surface area contributed by atoms with Gasteiger partial charge in [-0.3, -0.25) is 0 Å². The van der Waals surface area contributed by atoms with Crippen LogP contribution in [0.1, 0.15) is 19.3 Å². The van der Waals surface area contributed by atoms with Crippen molar-refractivity contribution >= 4 is 0 Å². The van der Waals surface area contributed by atoms with Gasteiger partial charge in [0.1, 0.15) is 0 Å². The fraction of sp³-hybridized carbons (Fsp3) is 0.333. The quantitative estimate of drug-likeness (QED) is 0.431. The van der Waals surface area contributed by atoms with Gasteiger partial charge in [0.15, 0.2) is 0 Å². The Balaban J connectivity index is 2.43. The molecule has 0 aliphatic heterocycles. The molecule has 0 nitrogen and oxygen atoms in total. The van der Waals surface area contributed by atoms with E-state index in [9.17, 15) is 0 Å². The Kier molecular flexibility index (Phi) is 2.91. The summed E-state index contributed by atoms with van der Waals surface area (Å²) < 4.78 is 0. The Hall–Kier alpha value is -0.780. The van der Waals surface area contributed by atoms with Gasteiger partial charge >= 0.3 is 0 Å². The smallest absolute Gasteiger partial charge is 0.0166 e. The number of allylic oxidation sites excluding steroid dienone is 6. The molecule has 0 N–H and O–H groups in total. The molecule has 0 aromatic heterocycles. The van der Waals surface area contributed by atoms with Crippen molar-refractivity contribution in [2.75, 3.05) is 0 Å². The number of hydrogen-bond donors (Lipinski definition) is 0. The fourth-order valence-electron chi connectivity index (χ4n) is 0.817. The Morgan fingerprint density at radius 1 is 0.667 bits per heavy atom. The van der Waals surface area contributed by atoms with Gasteiger partial charge in [-0.25, -0.2) is 0 Å². The van der Waals surface area contributed by atoms with Gasteiger partial charge in [0.25, 0.3) is 0 Å². The fourth-order valence-corrected chi connectivity index (χ4v) is 0.817. The molecule has 0 fully saturated rings. The standard InChI is InChI=1S/C9H12/c1-2-4-6-8-9-7-5-3-1/h1-4,7,9H,5-6,8H2/b3-1-,4-2?,9-7?. The van der Waals surface area contributed by atoms with Gasteiger partial charge in [0.05, 0.1) is 0 Å². The molecule has 1 aliphatic rings. The molecule has 0 atom stereocenters. The molecular weight excluding hydrogens is 108 g/mol. The summed E-state index contributed by atoms with van der Waals surface area (Å²) in [5.74, 6) is 0. The van der Waals surface area contributed by atoms with Gasteiger partial charge in [-0.2, -0.15) is 0 Å². The van der Waals surface area contributed by atoms with E-state index in [0.29, 0.717) is 0 Å². The summed E-state index contributed by atoms with van der Waals surface area (Å²) in [6, 6.07) is 0. The van der Waals surface area contributed by atoms with Gasteiger partial charge in [0, 0.05) is 0 Å². The topological polar surface area (TPSA) is 0 Å². The largest absolute Gasteiger partial charge is 0.0879 e. The van der Waals surface area contributed by atoms with E-state index in [1.165, 1.54) is 12.8 Å². The molecule has 0 unspecified atom stereocenters. The summed E-state index contributed by atoms with van der Waals surface area (Å²) in [6.45, 7) is 0. The zero-order valence-corrected chi connectivity index (χ0v) is 5.59.